The number of alkyl halides is 3. The Labute approximate surface area is 175 Å². The number of hydrogen-bond acceptors (Lipinski definition) is 3. The topological polar surface area (TPSA) is 62.7 Å². The van der Waals surface area contributed by atoms with E-state index in [1.54, 1.807) is 4.57 Å². The minimum Gasteiger partial charge on any atom is -0.344 e. The smallest absolute Gasteiger partial charge is 0.344 e. The maximum Gasteiger partial charge on any atom is 0.416 e. The third-order valence-electron chi connectivity index (χ3n) is 4.17. The van der Waals surface area contributed by atoms with Crippen LogP contribution in [0.3, 0.4) is 0 Å². The minimum atomic E-state index is -4.43. The van der Waals surface area contributed by atoms with Crippen molar-refractivity contribution in [3.8, 4) is 23.2 Å². The van der Waals surface area contributed by atoms with Crippen LogP contribution in [0.25, 0.3) is 11.4 Å². The van der Waals surface area contributed by atoms with Crippen molar-refractivity contribution >= 4 is 18.1 Å². The van der Waals surface area contributed by atoms with Gasteiger partial charge in [-0.1, -0.05) is 47.7 Å². The van der Waals surface area contributed by atoms with Gasteiger partial charge in [-0.25, -0.2) is 0 Å². The molecule has 0 aliphatic carbocycles. The van der Waals surface area contributed by atoms with Crippen LogP contribution in [0.5, 0.6) is 0 Å². The van der Waals surface area contributed by atoms with Crippen LogP contribution in [-0.4, -0.2) is 27.2 Å². The maximum atomic E-state index is 12.7. The summed E-state index contributed by atoms with van der Waals surface area (Å²) in [6, 6.07) is 12.3. The third kappa shape index (κ3) is 5.36. The molecule has 0 saturated carbocycles. The number of aryl methyl sites for hydroxylation is 1. The first-order valence-electron chi connectivity index (χ1n) is 8.89. The van der Waals surface area contributed by atoms with Gasteiger partial charge in [0.1, 0.15) is 6.54 Å². The van der Waals surface area contributed by atoms with E-state index in [-0.39, 0.29) is 24.6 Å². The van der Waals surface area contributed by atoms with E-state index in [0.29, 0.717) is 10.6 Å². The average molecular weight is 430 g/mol. The van der Waals surface area contributed by atoms with E-state index >= 15 is 0 Å². The van der Waals surface area contributed by atoms with Gasteiger partial charge in [-0.3, -0.25) is 14.5 Å². The number of carbonyl (C=O) groups is 1. The molecule has 0 saturated heterocycles. The van der Waals surface area contributed by atoms with Crippen molar-refractivity contribution in [3.63, 3.8) is 0 Å². The van der Waals surface area contributed by atoms with E-state index in [2.05, 4.69) is 27.4 Å². The monoisotopic (exact) mass is 430 g/mol. The number of hydrogen-bond donors (Lipinski definition) is 2. The van der Waals surface area contributed by atoms with Gasteiger partial charge in [-0.2, -0.15) is 18.3 Å². The maximum absolute atomic E-state index is 12.7. The molecule has 0 fully saturated rings. The first kappa shape index (κ1) is 21.3. The summed E-state index contributed by atoms with van der Waals surface area (Å²) < 4.78 is 40.0. The summed E-state index contributed by atoms with van der Waals surface area (Å²) in [5, 5.41) is 9.46. The highest BCUT2D eigenvalue weighted by Crippen LogP contribution is 2.29. The SMILES string of the molecule is Cc1ccc(-c2n[nH]c(=S)n2CC(=O)NCC#Cc2cccc(C(F)(F)F)c2)cc1. The van der Waals surface area contributed by atoms with Gasteiger partial charge in [-0.15, -0.1) is 0 Å². The normalized spacial score (nSPS) is 10.9. The lowest BCUT2D eigenvalue weighted by Crippen LogP contribution is -2.28. The molecule has 2 N–H and O–H groups in total. The lowest BCUT2D eigenvalue weighted by atomic mass is 10.1. The van der Waals surface area contributed by atoms with Crippen molar-refractivity contribution in [1.82, 2.24) is 20.1 Å². The van der Waals surface area contributed by atoms with Crippen molar-refractivity contribution in [2.75, 3.05) is 6.54 Å². The molecule has 0 aliphatic rings. The van der Waals surface area contributed by atoms with Crippen LogP contribution in [0.2, 0.25) is 0 Å². The van der Waals surface area contributed by atoms with Crippen LogP contribution in [0.15, 0.2) is 48.5 Å². The summed E-state index contributed by atoms with van der Waals surface area (Å²) in [5.74, 6) is 5.45. The molecule has 0 radical (unpaired) electrons. The van der Waals surface area contributed by atoms with E-state index in [0.717, 1.165) is 23.3 Å². The summed E-state index contributed by atoms with van der Waals surface area (Å²) in [6.45, 7) is 1.89. The van der Waals surface area contributed by atoms with Gasteiger partial charge >= 0.3 is 6.18 Å². The molecule has 1 amide bonds. The van der Waals surface area contributed by atoms with Crippen molar-refractivity contribution < 1.29 is 18.0 Å². The summed E-state index contributed by atoms with van der Waals surface area (Å²) in [5.41, 5.74) is 1.36. The molecule has 1 aromatic heterocycles. The molecule has 3 rings (SSSR count). The highest BCUT2D eigenvalue weighted by atomic mass is 32.1. The molecule has 0 aliphatic heterocycles. The number of amides is 1. The fourth-order valence-electron chi connectivity index (χ4n) is 2.65. The van der Waals surface area contributed by atoms with Crippen LogP contribution in [-0.2, 0) is 17.5 Å². The average Bonchev–Trinajstić information content (AvgIpc) is 3.06. The number of aromatic amines is 1. The van der Waals surface area contributed by atoms with Gasteiger partial charge in [-0.05, 0) is 37.3 Å². The van der Waals surface area contributed by atoms with Crippen molar-refractivity contribution in [1.29, 1.82) is 0 Å². The van der Waals surface area contributed by atoms with E-state index < -0.39 is 11.7 Å². The summed E-state index contributed by atoms with van der Waals surface area (Å²) in [4.78, 5) is 12.3. The highest BCUT2D eigenvalue weighted by Gasteiger charge is 2.30. The second-order valence-electron chi connectivity index (χ2n) is 6.46. The molecule has 2 aromatic carbocycles. The first-order chi connectivity index (χ1) is 14.2. The molecule has 0 spiro atoms. The van der Waals surface area contributed by atoms with Gasteiger partial charge in [0.15, 0.2) is 10.6 Å². The molecule has 5 nitrogen and oxygen atoms in total. The standard InChI is InChI=1S/C21H17F3N4OS/c1-14-7-9-16(10-8-14)19-26-27-20(30)28(19)13-18(29)25-11-3-5-15-4-2-6-17(12-15)21(22,23)24/h2,4,6-10,12H,11,13H2,1H3,(H,25,29)(H,27,30). The molecule has 154 valence electrons. The van der Waals surface area contributed by atoms with Gasteiger partial charge in [0.2, 0.25) is 5.91 Å². The Morgan fingerprint density at radius 3 is 2.67 bits per heavy atom. The highest BCUT2D eigenvalue weighted by molar-refractivity contribution is 7.71. The predicted octanol–water partition coefficient (Wildman–Crippen LogP) is 4.10. The molecule has 3 aromatic rings. The van der Waals surface area contributed by atoms with Gasteiger partial charge in [0.25, 0.3) is 0 Å². The molecular formula is C21H17F3N4OS. The van der Waals surface area contributed by atoms with Crippen LogP contribution in [0.1, 0.15) is 16.7 Å². The predicted molar refractivity (Wildman–Crippen MR) is 109 cm³/mol. The number of halogens is 3. The second kappa shape index (κ2) is 8.97. The van der Waals surface area contributed by atoms with E-state index in [1.165, 1.54) is 12.1 Å². The number of rotatable bonds is 4. The van der Waals surface area contributed by atoms with Gasteiger partial charge < -0.3 is 5.32 Å². The van der Waals surface area contributed by atoms with Crippen LogP contribution >= 0.6 is 12.2 Å². The number of nitrogens with one attached hydrogen (secondary N) is 2. The van der Waals surface area contributed by atoms with Crippen molar-refractivity contribution in [2.24, 2.45) is 0 Å². The van der Waals surface area contributed by atoms with Crippen LogP contribution < -0.4 is 5.32 Å². The lowest BCUT2D eigenvalue weighted by molar-refractivity contribution is -0.137. The first-order valence-corrected chi connectivity index (χ1v) is 9.30. The fourth-order valence-corrected chi connectivity index (χ4v) is 2.85. The molecule has 9 heteroatoms. The largest absolute Gasteiger partial charge is 0.416 e. The zero-order valence-corrected chi connectivity index (χ0v) is 16.7. The van der Waals surface area contributed by atoms with E-state index in [1.807, 2.05) is 31.2 Å². The number of aromatic nitrogens is 3. The second-order valence-corrected chi connectivity index (χ2v) is 6.85. The Morgan fingerprint density at radius 1 is 1.23 bits per heavy atom. The van der Waals surface area contributed by atoms with Gasteiger partial charge in [0, 0.05) is 11.1 Å². The van der Waals surface area contributed by atoms with Crippen LogP contribution in [0, 0.1) is 23.5 Å². The van der Waals surface area contributed by atoms with E-state index in [9.17, 15) is 18.0 Å². The Kier molecular flexibility index (Phi) is 6.37. The summed E-state index contributed by atoms with van der Waals surface area (Å²) in [6.07, 6.45) is -4.43. The van der Waals surface area contributed by atoms with E-state index in [4.69, 9.17) is 12.2 Å². The van der Waals surface area contributed by atoms with Crippen molar-refractivity contribution in [3.05, 3.63) is 70.0 Å². The number of carbonyl (C=O) groups excluding carboxylic acids is 1. The molecule has 30 heavy (non-hydrogen) atoms. The van der Waals surface area contributed by atoms with Crippen molar-refractivity contribution in [2.45, 2.75) is 19.6 Å². The Hall–Kier alpha value is -3.38. The Morgan fingerprint density at radius 2 is 1.97 bits per heavy atom. The molecular weight excluding hydrogens is 413 g/mol. The number of H-pyrrole nitrogens is 1. The lowest BCUT2D eigenvalue weighted by Gasteiger charge is -2.07. The molecule has 0 unspecified atom stereocenters. The van der Waals surface area contributed by atoms with Crippen LogP contribution in [0.4, 0.5) is 13.2 Å². The fraction of sp³-hybridized carbons (Fsp3) is 0.190. The minimum absolute atomic E-state index is 0.0138. The number of nitrogens with zero attached hydrogens (tertiary/aromatic N) is 2. The summed E-state index contributed by atoms with van der Waals surface area (Å²) >= 11 is 5.20. The third-order valence-corrected chi connectivity index (χ3v) is 4.48. The quantitative estimate of drug-likeness (QED) is 0.484. The molecule has 1 heterocycles. The summed E-state index contributed by atoms with van der Waals surface area (Å²) in [7, 11) is 0. The Balaban J connectivity index is 1.63. The zero-order valence-electron chi connectivity index (χ0n) is 15.9. The zero-order chi connectivity index (χ0) is 21.7. The molecule has 0 atom stereocenters. The van der Waals surface area contributed by atoms with Gasteiger partial charge in [0.05, 0.1) is 12.1 Å². The Bertz CT molecular complexity index is 1170. The molecule has 0 bridgehead atoms. The number of benzene rings is 2.